The highest BCUT2D eigenvalue weighted by atomic mass is 16.6. The Morgan fingerprint density at radius 1 is 0.356 bits per heavy atom. The quantitative estimate of drug-likeness (QED) is 0.0595. The predicted octanol–water partition coefficient (Wildman–Crippen LogP) is 7.25. The van der Waals surface area contributed by atoms with Gasteiger partial charge in [-0.1, -0.05) is 90.4 Å². The van der Waals surface area contributed by atoms with Gasteiger partial charge < -0.3 is 43.6 Å². The van der Waals surface area contributed by atoms with E-state index in [4.69, 9.17) is 43.6 Å². The van der Waals surface area contributed by atoms with Crippen LogP contribution in [0.3, 0.4) is 0 Å². The number of hydrogen-bond donors (Lipinski definition) is 1. The second kappa shape index (κ2) is 35.4. The Hall–Kier alpha value is -1.46. The van der Waals surface area contributed by atoms with E-state index in [-0.39, 0.29) is 0 Å². The van der Waals surface area contributed by atoms with E-state index in [1.165, 1.54) is 83.5 Å². The van der Waals surface area contributed by atoms with E-state index in [2.05, 4.69) is 6.92 Å². The van der Waals surface area contributed by atoms with Gasteiger partial charge in [0.1, 0.15) is 12.4 Å². The molecular formula is C36H67NO8. The molecule has 0 heterocycles. The lowest BCUT2D eigenvalue weighted by Gasteiger charge is -2.09. The third-order valence-corrected chi connectivity index (χ3v) is 7.25. The average Bonchev–Trinajstić information content (AvgIpc) is 3.05. The Morgan fingerprint density at radius 3 is 1.00 bits per heavy atom. The molecule has 9 nitrogen and oxygen atoms in total. The van der Waals surface area contributed by atoms with Crippen LogP contribution in [0.4, 0.5) is 5.69 Å². The van der Waals surface area contributed by atoms with Crippen LogP contribution in [-0.2, 0) is 33.2 Å². The lowest BCUT2D eigenvalue weighted by molar-refractivity contribution is -0.0213. The number of rotatable bonds is 37. The van der Waals surface area contributed by atoms with E-state index in [0.29, 0.717) is 92.5 Å². The van der Waals surface area contributed by atoms with E-state index >= 15 is 0 Å². The first kappa shape index (κ1) is 41.6. The van der Waals surface area contributed by atoms with Crippen molar-refractivity contribution < 1.29 is 37.9 Å². The summed E-state index contributed by atoms with van der Waals surface area (Å²) in [4.78, 5) is 0. The van der Waals surface area contributed by atoms with Crippen molar-refractivity contribution in [2.24, 2.45) is 0 Å². The minimum Gasteiger partial charge on any atom is -0.491 e. The Balaban J connectivity index is 1.62. The molecule has 45 heavy (non-hydrogen) atoms. The summed E-state index contributed by atoms with van der Waals surface area (Å²) >= 11 is 0. The number of anilines is 1. The third kappa shape index (κ3) is 32.3. The molecule has 0 aromatic heterocycles. The van der Waals surface area contributed by atoms with Gasteiger partial charge in [0, 0.05) is 12.3 Å². The molecule has 0 amide bonds. The Morgan fingerprint density at radius 2 is 0.644 bits per heavy atom. The molecule has 0 saturated heterocycles. The first-order valence-electron chi connectivity index (χ1n) is 17.9. The summed E-state index contributed by atoms with van der Waals surface area (Å²) in [5.41, 5.74) is 6.37. The van der Waals surface area contributed by atoms with Crippen molar-refractivity contribution in [2.75, 3.05) is 105 Å². The molecule has 264 valence electrons. The zero-order chi connectivity index (χ0) is 32.1. The lowest BCUT2D eigenvalue weighted by atomic mass is 10.0. The molecular weight excluding hydrogens is 574 g/mol. The van der Waals surface area contributed by atoms with Crippen LogP contribution in [0.25, 0.3) is 0 Å². The fourth-order valence-electron chi connectivity index (χ4n) is 4.60. The molecule has 0 atom stereocenters. The minimum absolute atomic E-state index is 0.487. The maximum atomic E-state index is 5.68. The van der Waals surface area contributed by atoms with Crippen LogP contribution in [0.5, 0.6) is 5.75 Å². The van der Waals surface area contributed by atoms with Crippen molar-refractivity contribution in [2.45, 2.75) is 96.8 Å². The molecule has 0 saturated carbocycles. The molecule has 0 aliphatic carbocycles. The summed E-state index contributed by atoms with van der Waals surface area (Å²) in [5, 5.41) is 0. The van der Waals surface area contributed by atoms with Gasteiger partial charge in [-0.2, -0.15) is 0 Å². The highest BCUT2D eigenvalue weighted by molar-refractivity contribution is 5.41. The number of benzene rings is 1. The summed E-state index contributed by atoms with van der Waals surface area (Å²) in [5.74, 6) is 0.782. The summed E-state index contributed by atoms with van der Waals surface area (Å²) < 4.78 is 44.3. The molecule has 2 N–H and O–H groups in total. The molecule has 0 unspecified atom stereocenters. The van der Waals surface area contributed by atoms with Crippen molar-refractivity contribution in [1.29, 1.82) is 0 Å². The number of ether oxygens (including phenoxy) is 8. The van der Waals surface area contributed by atoms with E-state index in [1.807, 2.05) is 24.3 Å². The first-order valence-corrected chi connectivity index (χ1v) is 17.9. The van der Waals surface area contributed by atoms with E-state index in [9.17, 15) is 0 Å². The molecule has 1 aromatic carbocycles. The van der Waals surface area contributed by atoms with Crippen molar-refractivity contribution >= 4 is 5.69 Å². The number of unbranched alkanes of at least 4 members (excludes halogenated alkanes) is 13. The Bertz CT molecular complexity index is 694. The number of nitrogen functional groups attached to an aromatic ring is 1. The maximum Gasteiger partial charge on any atom is 0.119 e. The second-order valence-corrected chi connectivity index (χ2v) is 11.3. The predicted molar refractivity (Wildman–Crippen MR) is 182 cm³/mol. The van der Waals surface area contributed by atoms with Gasteiger partial charge in [-0.25, -0.2) is 0 Å². The fourth-order valence-corrected chi connectivity index (χ4v) is 4.60. The molecule has 0 spiro atoms. The van der Waals surface area contributed by atoms with Crippen LogP contribution in [0, 0.1) is 0 Å². The number of nitrogens with two attached hydrogens (primary N) is 1. The van der Waals surface area contributed by atoms with Crippen LogP contribution in [0.15, 0.2) is 24.3 Å². The summed E-state index contributed by atoms with van der Waals surface area (Å²) in [6, 6.07) is 7.30. The van der Waals surface area contributed by atoms with Crippen LogP contribution in [-0.4, -0.2) is 99.1 Å². The van der Waals surface area contributed by atoms with E-state index in [1.54, 1.807) is 0 Å². The van der Waals surface area contributed by atoms with E-state index in [0.717, 1.165) is 24.5 Å². The highest BCUT2D eigenvalue weighted by Gasteiger charge is 1.98. The molecule has 0 aliphatic rings. The van der Waals surface area contributed by atoms with Gasteiger partial charge in [0.05, 0.1) is 85.9 Å². The fraction of sp³-hybridized carbons (Fsp3) is 0.833. The van der Waals surface area contributed by atoms with Crippen molar-refractivity contribution in [3.8, 4) is 5.75 Å². The van der Waals surface area contributed by atoms with Gasteiger partial charge in [0.2, 0.25) is 0 Å². The van der Waals surface area contributed by atoms with Gasteiger partial charge >= 0.3 is 0 Å². The highest BCUT2D eigenvalue weighted by Crippen LogP contribution is 2.14. The van der Waals surface area contributed by atoms with Crippen LogP contribution in [0.1, 0.15) is 96.8 Å². The van der Waals surface area contributed by atoms with E-state index < -0.39 is 0 Å². The molecule has 9 heteroatoms. The largest absolute Gasteiger partial charge is 0.491 e. The summed E-state index contributed by atoms with van der Waals surface area (Å²) in [6.45, 7) is 10.8. The lowest BCUT2D eigenvalue weighted by Crippen LogP contribution is -2.15. The second-order valence-electron chi connectivity index (χ2n) is 11.3. The van der Waals surface area contributed by atoms with Gasteiger partial charge in [-0.05, 0) is 30.7 Å². The Kier molecular flexibility index (Phi) is 32.7. The van der Waals surface area contributed by atoms with Gasteiger partial charge in [0.25, 0.3) is 0 Å². The normalized spacial score (nSPS) is 11.4. The zero-order valence-electron chi connectivity index (χ0n) is 28.7. The topological polar surface area (TPSA) is 99.9 Å². The molecule has 1 aromatic rings. The van der Waals surface area contributed by atoms with Gasteiger partial charge in [0.15, 0.2) is 0 Å². The molecule has 0 aliphatic heterocycles. The van der Waals surface area contributed by atoms with Gasteiger partial charge in [-0.15, -0.1) is 0 Å². The molecule has 1 rings (SSSR count). The van der Waals surface area contributed by atoms with Gasteiger partial charge in [-0.3, -0.25) is 0 Å². The smallest absolute Gasteiger partial charge is 0.119 e. The van der Waals surface area contributed by atoms with Crippen LogP contribution in [0.2, 0.25) is 0 Å². The maximum absolute atomic E-state index is 5.68. The van der Waals surface area contributed by atoms with Crippen LogP contribution >= 0.6 is 0 Å². The molecule has 0 fully saturated rings. The monoisotopic (exact) mass is 641 g/mol. The summed E-state index contributed by atoms with van der Waals surface area (Å²) in [7, 11) is 0. The molecule has 0 radical (unpaired) electrons. The number of hydrogen-bond acceptors (Lipinski definition) is 9. The average molecular weight is 642 g/mol. The summed E-state index contributed by atoms with van der Waals surface area (Å²) in [6.07, 6.45) is 19.3. The van der Waals surface area contributed by atoms with Crippen LogP contribution < -0.4 is 10.5 Å². The minimum atomic E-state index is 0.487. The molecule has 0 bridgehead atoms. The van der Waals surface area contributed by atoms with Crippen molar-refractivity contribution in [1.82, 2.24) is 0 Å². The third-order valence-electron chi connectivity index (χ3n) is 7.25. The van der Waals surface area contributed by atoms with Crippen molar-refractivity contribution in [3.63, 3.8) is 0 Å². The standard InChI is InChI=1S/C36H67NO8/c1-2-3-4-5-6-7-8-9-10-11-12-13-14-15-20-38-21-22-39-23-24-40-25-26-41-27-28-42-29-30-43-31-32-44-33-34-45-36-18-16-35(37)17-19-36/h16-19H,2-15,20-34,37H2,1H3. The SMILES string of the molecule is CCCCCCCCCCCCCCCCOCCOCCOCCOCCOCCOCCOCCOc1ccc(N)cc1. The first-order chi connectivity index (χ1) is 22.3. The van der Waals surface area contributed by atoms with Crippen molar-refractivity contribution in [3.05, 3.63) is 24.3 Å². The zero-order valence-corrected chi connectivity index (χ0v) is 28.7. The Labute approximate surface area is 275 Å².